The second kappa shape index (κ2) is 6.40. The van der Waals surface area contributed by atoms with Crippen LogP contribution in [0.4, 0.5) is 0 Å². The molecule has 4 heteroatoms. The number of ketones is 1. The van der Waals surface area contributed by atoms with Crippen molar-refractivity contribution in [2.24, 2.45) is 11.3 Å². The van der Waals surface area contributed by atoms with Gasteiger partial charge >= 0.3 is 5.97 Å². The molecule has 142 valence electrons. The van der Waals surface area contributed by atoms with Gasteiger partial charge in [0.25, 0.3) is 0 Å². The first-order valence-corrected chi connectivity index (χ1v) is 9.48. The molecule has 0 N–H and O–H groups in total. The Morgan fingerprint density at radius 2 is 1.96 bits per heavy atom. The Hall–Kier alpha value is -1.84. The minimum Gasteiger partial charge on any atom is -0.496 e. The van der Waals surface area contributed by atoms with Crippen molar-refractivity contribution in [3.63, 3.8) is 0 Å². The number of methoxy groups -OCH3 is 2. The van der Waals surface area contributed by atoms with Crippen LogP contribution in [-0.4, -0.2) is 26.0 Å². The zero-order valence-corrected chi connectivity index (χ0v) is 16.8. The van der Waals surface area contributed by atoms with Gasteiger partial charge in [0.15, 0.2) is 0 Å². The van der Waals surface area contributed by atoms with Crippen LogP contribution >= 0.6 is 0 Å². The standard InChI is InChI=1S/C22H30O4/c1-13(2)15-9-14-7-8-18-21(3,4)11-19(23)22(18,12-20(24)26-6)16(14)10-17(15)25-5/h9-10,13,18H,7-8,11-12H2,1-6H3/t18-,22-/m1/s1. The molecule has 0 heterocycles. The largest absolute Gasteiger partial charge is 0.496 e. The summed E-state index contributed by atoms with van der Waals surface area (Å²) in [6.45, 7) is 8.59. The average molecular weight is 358 g/mol. The van der Waals surface area contributed by atoms with E-state index in [0.717, 1.165) is 29.7 Å². The lowest BCUT2D eigenvalue weighted by atomic mass is 9.58. The van der Waals surface area contributed by atoms with E-state index in [2.05, 4.69) is 33.8 Å². The maximum absolute atomic E-state index is 13.3. The fourth-order valence-corrected chi connectivity index (χ4v) is 5.34. The summed E-state index contributed by atoms with van der Waals surface area (Å²) in [5, 5.41) is 0. The Morgan fingerprint density at radius 1 is 1.27 bits per heavy atom. The maximum atomic E-state index is 13.3. The second-order valence-electron chi connectivity index (χ2n) is 8.81. The summed E-state index contributed by atoms with van der Waals surface area (Å²) in [5.41, 5.74) is 2.42. The number of aryl methyl sites for hydroxylation is 1. The molecule has 2 aliphatic carbocycles. The highest BCUT2D eigenvalue weighted by Crippen LogP contribution is 2.60. The smallest absolute Gasteiger partial charge is 0.306 e. The summed E-state index contributed by atoms with van der Waals surface area (Å²) in [5.74, 6) is 1.13. The van der Waals surface area contributed by atoms with Gasteiger partial charge in [0, 0.05) is 6.42 Å². The van der Waals surface area contributed by atoms with Crippen molar-refractivity contribution in [2.75, 3.05) is 14.2 Å². The molecule has 2 aliphatic rings. The fraction of sp³-hybridized carbons (Fsp3) is 0.636. The van der Waals surface area contributed by atoms with Crippen LogP contribution in [-0.2, 0) is 26.2 Å². The molecule has 4 nitrogen and oxygen atoms in total. The van der Waals surface area contributed by atoms with E-state index in [0.29, 0.717) is 12.3 Å². The fourth-order valence-electron chi connectivity index (χ4n) is 5.34. The summed E-state index contributed by atoms with van der Waals surface area (Å²) in [4.78, 5) is 25.6. The van der Waals surface area contributed by atoms with Gasteiger partial charge in [-0.25, -0.2) is 0 Å². The van der Waals surface area contributed by atoms with Crippen LogP contribution in [0.25, 0.3) is 0 Å². The number of carbonyl (C=O) groups is 2. The minimum atomic E-state index is -0.785. The summed E-state index contributed by atoms with van der Waals surface area (Å²) in [6.07, 6.45) is 2.48. The molecule has 3 rings (SSSR count). The van der Waals surface area contributed by atoms with Gasteiger partial charge in [-0.15, -0.1) is 0 Å². The molecular weight excluding hydrogens is 328 g/mol. The Balaban J connectivity index is 2.25. The minimum absolute atomic E-state index is 0.118. The third-order valence-electron chi connectivity index (χ3n) is 6.56. The molecule has 0 radical (unpaired) electrons. The molecule has 1 saturated carbocycles. The maximum Gasteiger partial charge on any atom is 0.306 e. The lowest BCUT2D eigenvalue weighted by molar-refractivity contribution is -0.145. The Kier molecular flexibility index (Phi) is 4.66. The molecular formula is C22H30O4. The Labute approximate surface area is 156 Å². The molecule has 0 spiro atoms. The summed E-state index contributed by atoms with van der Waals surface area (Å²) in [7, 11) is 3.06. The number of ether oxygens (including phenoxy) is 2. The topological polar surface area (TPSA) is 52.6 Å². The molecule has 1 aromatic rings. The first-order chi connectivity index (χ1) is 12.2. The van der Waals surface area contributed by atoms with Crippen LogP contribution in [0, 0.1) is 11.3 Å². The predicted molar refractivity (Wildman–Crippen MR) is 101 cm³/mol. The predicted octanol–water partition coefficient (Wildman–Crippen LogP) is 4.18. The van der Waals surface area contributed by atoms with Gasteiger partial charge in [0.05, 0.1) is 26.1 Å². The van der Waals surface area contributed by atoms with Gasteiger partial charge in [-0.3, -0.25) is 9.59 Å². The van der Waals surface area contributed by atoms with Crippen molar-refractivity contribution < 1.29 is 19.1 Å². The van der Waals surface area contributed by atoms with Crippen molar-refractivity contribution in [1.82, 2.24) is 0 Å². The number of esters is 1. The van der Waals surface area contributed by atoms with Crippen LogP contribution in [0.1, 0.15) is 69.6 Å². The van der Waals surface area contributed by atoms with E-state index < -0.39 is 5.41 Å². The SMILES string of the molecule is COC(=O)C[C@]12C(=O)CC(C)(C)[C@H]1CCc1cc(C(C)C)c(OC)cc12. The Morgan fingerprint density at radius 3 is 2.54 bits per heavy atom. The van der Waals surface area contributed by atoms with E-state index in [1.807, 2.05) is 6.07 Å². The quantitative estimate of drug-likeness (QED) is 0.758. The van der Waals surface area contributed by atoms with Gasteiger partial charge in [0.2, 0.25) is 0 Å². The van der Waals surface area contributed by atoms with Crippen molar-refractivity contribution in [3.8, 4) is 5.75 Å². The lowest BCUT2D eigenvalue weighted by Crippen LogP contribution is -2.45. The highest BCUT2D eigenvalue weighted by molar-refractivity contribution is 5.98. The number of rotatable bonds is 4. The zero-order chi connectivity index (χ0) is 19.3. The van der Waals surface area contributed by atoms with Crippen molar-refractivity contribution in [3.05, 3.63) is 28.8 Å². The molecule has 0 aliphatic heterocycles. The van der Waals surface area contributed by atoms with Gasteiger partial charge in [-0.05, 0) is 52.8 Å². The van der Waals surface area contributed by atoms with E-state index in [1.54, 1.807) is 7.11 Å². The molecule has 1 fully saturated rings. The van der Waals surface area contributed by atoms with Crippen LogP contribution in [0.2, 0.25) is 0 Å². The van der Waals surface area contributed by atoms with Crippen molar-refractivity contribution >= 4 is 11.8 Å². The third kappa shape index (κ3) is 2.65. The molecule has 0 saturated heterocycles. The van der Waals surface area contributed by atoms with E-state index in [4.69, 9.17) is 9.47 Å². The first-order valence-electron chi connectivity index (χ1n) is 9.48. The van der Waals surface area contributed by atoms with Gasteiger partial charge in [0.1, 0.15) is 11.5 Å². The van der Waals surface area contributed by atoms with E-state index in [1.165, 1.54) is 12.7 Å². The van der Waals surface area contributed by atoms with Gasteiger partial charge in [-0.1, -0.05) is 33.8 Å². The molecule has 0 aromatic heterocycles. The van der Waals surface area contributed by atoms with E-state index in [-0.39, 0.29) is 29.5 Å². The number of benzene rings is 1. The van der Waals surface area contributed by atoms with E-state index >= 15 is 0 Å². The molecule has 0 amide bonds. The highest BCUT2D eigenvalue weighted by atomic mass is 16.5. The number of Topliss-reactive ketones (excluding diaryl/α,β-unsaturated/α-hetero) is 1. The molecule has 2 atom stereocenters. The molecule has 0 unspecified atom stereocenters. The number of carbonyl (C=O) groups excluding carboxylic acids is 2. The van der Waals surface area contributed by atoms with E-state index in [9.17, 15) is 9.59 Å². The average Bonchev–Trinajstić information content (AvgIpc) is 2.79. The molecule has 26 heavy (non-hydrogen) atoms. The highest BCUT2D eigenvalue weighted by Gasteiger charge is 2.61. The summed E-state index contributed by atoms with van der Waals surface area (Å²) < 4.78 is 10.6. The van der Waals surface area contributed by atoms with Crippen LogP contribution in [0.15, 0.2) is 12.1 Å². The number of fused-ring (bicyclic) bond motifs is 3. The first kappa shape index (κ1) is 18.9. The van der Waals surface area contributed by atoms with Crippen LogP contribution in [0.5, 0.6) is 5.75 Å². The number of hydrogen-bond donors (Lipinski definition) is 0. The summed E-state index contributed by atoms with van der Waals surface area (Å²) >= 11 is 0. The monoisotopic (exact) mass is 358 g/mol. The van der Waals surface area contributed by atoms with Gasteiger partial charge < -0.3 is 9.47 Å². The lowest BCUT2D eigenvalue weighted by Gasteiger charge is -2.43. The number of hydrogen-bond acceptors (Lipinski definition) is 4. The summed E-state index contributed by atoms with van der Waals surface area (Å²) in [6, 6.07) is 4.21. The Bertz CT molecular complexity index is 747. The third-order valence-corrected chi connectivity index (χ3v) is 6.56. The normalized spacial score (nSPS) is 26.4. The molecule has 0 bridgehead atoms. The van der Waals surface area contributed by atoms with Crippen molar-refractivity contribution in [1.29, 1.82) is 0 Å². The van der Waals surface area contributed by atoms with Crippen LogP contribution < -0.4 is 4.74 Å². The van der Waals surface area contributed by atoms with Crippen LogP contribution in [0.3, 0.4) is 0 Å². The zero-order valence-electron chi connectivity index (χ0n) is 16.8. The molecule has 1 aromatic carbocycles. The van der Waals surface area contributed by atoms with Crippen molar-refractivity contribution in [2.45, 2.75) is 64.7 Å². The van der Waals surface area contributed by atoms with Gasteiger partial charge in [-0.2, -0.15) is 0 Å². The second-order valence-corrected chi connectivity index (χ2v) is 8.81.